The van der Waals surface area contributed by atoms with Gasteiger partial charge in [0.2, 0.25) is 5.91 Å². The molecule has 6 heteroatoms. The number of ketones is 1. The summed E-state index contributed by atoms with van der Waals surface area (Å²) < 4.78 is 1.21. The van der Waals surface area contributed by atoms with Gasteiger partial charge in [0.25, 0.3) is 5.56 Å². The van der Waals surface area contributed by atoms with Gasteiger partial charge in [0.15, 0.2) is 5.78 Å². The van der Waals surface area contributed by atoms with Gasteiger partial charge >= 0.3 is 0 Å². The van der Waals surface area contributed by atoms with Crippen LogP contribution in [0.4, 0.5) is 5.69 Å². The van der Waals surface area contributed by atoms with Crippen molar-refractivity contribution >= 4 is 17.4 Å². The third kappa shape index (κ3) is 4.23. The van der Waals surface area contributed by atoms with Crippen LogP contribution in [0.3, 0.4) is 0 Å². The minimum Gasteiger partial charge on any atom is -0.324 e. The molecule has 0 radical (unpaired) electrons. The second-order valence-corrected chi connectivity index (χ2v) is 6.42. The van der Waals surface area contributed by atoms with Gasteiger partial charge in [0, 0.05) is 22.9 Å². The van der Waals surface area contributed by atoms with Crippen LogP contribution in [0, 0.1) is 0 Å². The number of hydrogen-bond donors (Lipinski definition) is 1. The molecule has 1 aromatic heterocycles. The lowest BCUT2D eigenvalue weighted by molar-refractivity contribution is -0.119. The molecule has 0 saturated carbocycles. The molecule has 28 heavy (non-hydrogen) atoms. The fourth-order valence-electron chi connectivity index (χ4n) is 2.92. The monoisotopic (exact) mass is 375 g/mol. The lowest BCUT2D eigenvalue weighted by Gasteiger charge is -2.17. The molecule has 6 nitrogen and oxygen atoms in total. The van der Waals surface area contributed by atoms with Gasteiger partial charge in [-0.15, -0.1) is 0 Å². The van der Waals surface area contributed by atoms with E-state index in [1.807, 2.05) is 37.3 Å². The number of nitrogens with zero attached hydrogens (tertiary/aromatic N) is 2. The summed E-state index contributed by atoms with van der Waals surface area (Å²) in [6.45, 7) is 3.29. The number of nitrogens with one attached hydrogen (secondary N) is 1. The number of benzene rings is 2. The molecule has 3 rings (SSSR count). The Balaban J connectivity index is 1.90. The highest BCUT2D eigenvalue weighted by Crippen LogP contribution is 2.18. The van der Waals surface area contributed by atoms with Crippen molar-refractivity contribution in [3.05, 3.63) is 82.6 Å². The summed E-state index contributed by atoms with van der Waals surface area (Å²) in [6.07, 6.45) is 0.392. The Morgan fingerprint density at radius 1 is 1.04 bits per heavy atom. The molecule has 0 unspecified atom stereocenters. The van der Waals surface area contributed by atoms with E-state index in [0.29, 0.717) is 23.4 Å². The Bertz CT molecular complexity index is 1060. The number of hydrogen-bond acceptors (Lipinski definition) is 4. The van der Waals surface area contributed by atoms with Gasteiger partial charge in [-0.1, -0.05) is 49.4 Å². The maximum Gasteiger partial charge on any atom is 0.267 e. The molecule has 0 spiro atoms. The Kier molecular flexibility index (Phi) is 5.79. The Morgan fingerprint density at radius 3 is 2.46 bits per heavy atom. The molecule has 1 amide bonds. The van der Waals surface area contributed by atoms with Crippen molar-refractivity contribution in [2.24, 2.45) is 0 Å². The lowest BCUT2D eigenvalue weighted by atomic mass is 10.1. The second kappa shape index (κ2) is 8.43. The maximum atomic E-state index is 12.8. The zero-order valence-electron chi connectivity index (χ0n) is 15.8. The first-order valence-corrected chi connectivity index (χ1v) is 9.06. The van der Waals surface area contributed by atoms with Gasteiger partial charge in [-0.2, -0.15) is 5.10 Å². The minimum atomic E-state index is -0.767. The van der Waals surface area contributed by atoms with E-state index in [9.17, 15) is 14.4 Å². The third-order valence-corrected chi connectivity index (χ3v) is 4.42. The van der Waals surface area contributed by atoms with E-state index in [1.54, 1.807) is 30.3 Å². The number of amides is 1. The lowest BCUT2D eigenvalue weighted by Crippen LogP contribution is -2.34. The summed E-state index contributed by atoms with van der Waals surface area (Å²) >= 11 is 0. The molecule has 0 bridgehead atoms. The summed E-state index contributed by atoms with van der Waals surface area (Å²) in [5.74, 6) is -0.445. The zero-order chi connectivity index (χ0) is 20.1. The molecule has 1 heterocycles. The highest BCUT2D eigenvalue weighted by Gasteiger charge is 2.21. The summed E-state index contributed by atoms with van der Waals surface area (Å²) in [6, 6.07) is 18.5. The standard InChI is InChI=1S/C22H21N3O3/c1-3-20(22(28)23-18-11-7-10-17(14-18)15(2)26)25-21(27)13-12-19(24-25)16-8-5-4-6-9-16/h4-14,20H,3H2,1-2H3,(H,23,28)/t20-/m0/s1. The van der Waals surface area contributed by atoms with E-state index < -0.39 is 6.04 Å². The van der Waals surface area contributed by atoms with Crippen LogP contribution >= 0.6 is 0 Å². The number of Topliss-reactive ketones (excluding diaryl/α,β-unsaturated/α-hetero) is 1. The number of rotatable bonds is 6. The smallest absolute Gasteiger partial charge is 0.267 e. The molecule has 0 saturated heterocycles. The number of carbonyl (C=O) groups excluding carboxylic acids is 2. The SMILES string of the molecule is CC[C@@H](C(=O)Nc1cccc(C(C)=O)c1)n1nc(-c2ccccc2)ccc1=O. The van der Waals surface area contributed by atoms with E-state index >= 15 is 0 Å². The van der Waals surface area contributed by atoms with Crippen LogP contribution in [-0.2, 0) is 4.79 Å². The quantitative estimate of drug-likeness (QED) is 0.666. The normalized spacial score (nSPS) is 11.6. The van der Waals surface area contributed by atoms with Gasteiger partial charge in [-0.05, 0) is 31.5 Å². The van der Waals surface area contributed by atoms with Crippen molar-refractivity contribution in [1.82, 2.24) is 9.78 Å². The molecule has 142 valence electrons. The van der Waals surface area contributed by atoms with Crippen molar-refractivity contribution in [1.29, 1.82) is 0 Å². The molecule has 1 atom stereocenters. The van der Waals surface area contributed by atoms with Crippen molar-refractivity contribution in [3.8, 4) is 11.3 Å². The highest BCUT2D eigenvalue weighted by atomic mass is 16.2. The highest BCUT2D eigenvalue weighted by molar-refractivity contribution is 5.98. The average molecular weight is 375 g/mol. The molecule has 0 aliphatic heterocycles. The molecule has 1 N–H and O–H groups in total. The van der Waals surface area contributed by atoms with E-state index in [0.717, 1.165) is 5.56 Å². The van der Waals surface area contributed by atoms with Crippen LogP contribution in [0.5, 0.6) is 0 Å². The van der Waals surface area contributed by atoms with Crippen LogP contribution < -0.4 is 10.9 Å². The third-order valence-electron chi connectivity index (χ3n) is 4.42. The number of carbonyl (C=O) groups is 2. The summed E-state index contributed by atoms with van der Waals surface area (Å²) in [4.78, 5) is 36.8. The van der Waals surface area contributed by atoms with Gasteiger partial charge in [0.1, 0.15) is 6.04 Å². The van der Waals surface area contributed by atoms with Gasteiger partial charge in [0.05, 0.1) is 5.69 Å². The Morgan fingerprint density at radius 2 is 1.79 bits per heavy atom. The average Bonchev–Trinajstić information content (AvgIpc) is 2.70. The molecule has 2 aromatic carbocycles. The molecule has 0 aliphatic carbocycles. The van der Waals surface area contributed by atoms with E-state index in [1.165, 1.54) is 17.7 Å². The van der Waals surface area contributed by atoms with Gasteiger partial charge in [-0.3, -0.25) is 14.4 Å². The van der Waals surface area contributed by atoms with Crippen molar-refractivity contribution in [3.63, 3.8) is 0 Å². The predicted molar refractivity (Wildman–Crippen MR) is 108 cm³/mol. The van der Waals surface area contributed by atoms with Gasteiger partial charge in [-0.25, -0.2) is 4.68 Å². The van der Waals surface area contributed by atoms with Crippen molar-refractivity contribution in [2.75, 3.05) is 5.32 Å². The molecule has 0 fully saturated rings. The van der Waals surface area contributed by atoms with E-state index in [2.05, 4.69) is 10.4 Å². The van der Waals surface area contributed by atoms with Crippen LogP contribution in [0.2, 0.25) is 0 Å². The number of anilines is 1. The summed E-state index contributed by atoms with van der Waals surface area (Å²) in [5.41, 5.74) is 2.14. The fraction of sp³-hybridized carbons (Fsp3) is 0.182. The Labute approximate surface area is 162 Å². The topological polar surface area (TPSA) is 81.1 Å². The Hall–Kier alpha value is -3.54. The molecule has 3 aromatic rings. The van der Waals surface area contributed by atoms with Crippen LogP contribution in [0.15, 0.2) is 71.5 Å². The number of aromatic nitrogens is 2. The van der Waals surface area contributed by atoms with Crippen molar-refractivity contribution in [2.45, 2.75) is 26.3 Å². The fourth-order valence-corrected chi connectivity index (χ4v) is 2.92. The van der Waals surface area contributed by atoms with Crippen LogP contribution in [-0.4, -0.2) is 21.5 Å². The largest absolute Gasteiger partial charge is 0.324 e. The van der Waals surface area contributed by atoms with E-state index in [4.69, 9.17) is 0 Å². The zero-order valence-corrected chi connectivity index (χ0v) is 15.8. The van der Waals surface area contributed by atoms with Crippen LogP contribution in [0.25, 0.3) is 11.3 Å². The minimum absolute atomic E-state index is 0.0865. The van der Waals surface area contributed by atoms with Gasteiger partial charge < -0.3 is 5.32 Å². The molecular weight excluding hydrogens is 354 g/mol. The summed E-state index contributed by atoms with van der Waals surface area (Å²) in [7, 11) is 0. The molecule has 0 aliphatic rings. The van der Waals surface area contributed by atoms with E-state index in [-0.39, 0.29) is 17.2 Å². The summed E-state index contributed by atoms with van der Waals surface area (Å²) in [5, 5.41) is 7.19. The first kappa shape index (κ1) is 19.2. The predicted octanol–water partition coefficient (Wildman–Crippen LogP) is 3.70. The first-order chi connectivity index (χ1) is 13.5. The molecular formula is C22H21N3O3. The maximum absolute atomic E-state index is 12.8. The first-order valence-electron chi connectivity index (χ1n) is 9.06. The van der Waals surface area contributed by atoms with Crippen LogP contribution in [0.1, 0.15) is 36.7 Å². The second-order valence-electron chi connectivity index (χ2n) is 6.42. The van der Waals surface area contributed by atoms with Crippen molar-refractivity contribution < 1.29 is 9.59 Å².